The highest BCUT2D eigenvalue weighted by Crippen LogP contribution is 2.23. The Morgan fingerprint density at radius 3 is 2.32 bits per heavy atom. The fourth-order valence-electron chi connectivity index (χ4n) is 4.74. The summed E-state index contributed by atoms with van der Waals surface area (Å²) in [6.45, 7) is 12.9. The van der Waals surface area contributed by atoms with Crippen molar-refractivity contribution < 1.29 is 19.1 Å². The molecule has 41 heavy (non-hydrogen) atoms. The van der Waals surface area contributed by atoms with Crippen LogP contribution in [0.5, 0.6) is 0 Å². The van der Waals surface area contributed by atoms with E-state index in [0.29, 0.717) is 18.9 Å². The Balaban J connectivity index is 1.92. The highest BCUT2D eigenvalue weighted by Gasteiger charge is 2.28. The van der Waals surface area contributed by atoms with Crippen LogP contribution in [0, 0.1) is 11.8 Å². The molecule has 0 saturated heterocycles. The van der Waals surface area contributed by atoms with Gasteiger partial charge in [0.2, 0.25) is 0 Å². The number of nitrogens with zero attached hydrogens (tertiary/aromatic N) is 3. The first-order chi connectivity index (χ1) is 19.5. The van der Waals surface area contributed by atoms with Gasteiger partial charge in [0, 0.05) is 37.0 Å². The number of alkyl carbamates (subject to hydrolysis) is 1. The van der Waals surface area contributed by atoms with Crippen molar-refractivity contribution in [2.75, 3.05) is 7.05 Å². The van der Waals surface area contributed by atoms with Gasteiger partial charge in [0.05, 0.1) is 33.7 Å². The summed E-state index contributed by atoms with van der Waals surface area (Å²) < 4.78 is 5.36. The number of nitrogens with one attached hydrogen (secondary N) is 2. The second kappa shape index (κ2) is 18.1. The topological polar surface area (TPSA) is 114 Å². The van der Waals surface area contributed by atoms with E-state index in [4.69, 9.17) is 4.74 Å². The molecule has 0 bridgehead atoms. The van der Waals surface area contributed by atoms with Gasteiger partial charge in [-0.3, -0.25) is 9.78 Å². The summed E-state index contributed by atoms with van der Waals surface area (Å²) in [7, 11) is 1.73. The van der Waals surface area contributed by atoms with Gasteiger partial charge in [0.15, 0.2) is 5.78 Å². The third-order valence-corrected chi connectivity index (χ3v) is 8.95. The molecule has 9 nitrogen and oxygen atoms in total. The number of thiazole rings is 2. The first kappa shape index (κ1) is 34.7. The third kappa shape index (κ3) is 12.5. The zero-order chi connectivity index (χ0) is 30.4. The maximum absolute atomic E-state index is 13.5. The molecule has 2 N–H and O–H groups in total. The Morgan fingerprint density at radius 2 is 1.73 bits per heavy atom. The third-order valence-electron chi connectivity index (χ3n) is 7.00. The van der Waals surface area contributed by atoms with Gasteiger partial charge in [0.25, 0.3) is 0 Å². The van der Waals surface area contributed by atoms with E-state index in [0.717, 1.165) is 54.1 Å². The van der Waals surface area contributed by atoms with Gasteiger partial charge < -0.3 is 20.3 Å². The van der Waals surface area contributed by atoms with Crippen molar-refractivity contribution in [1.82, 2.24) is 25.5 Å². The minimum absolute atomic E-state index is 0.0143. The number of Topliss-reactive ketones (excluding diaryl/α,β-unsaturated/α-hetero) is 1. The number of hydrogen-bond acceptors (Lipinski definition) is 8. The molecule has 3 amide bonds. The highest BCUT2D eigenvalue weighted by molar-refractivity contribution is 7.09. The Kier molecular flexibility index (Phi) is 15.3. The predicted octanol–water partition coefficient (Wildman–Crippen LogP) is 7.14. The Labute approximate surface area is 253 Å². The van der Waals surface area contributed by atoms with E-state index >= 15 is 0 Å². The molecule has 0 saturated carbocycles. The Bertz CT molecular complexity index is 1060. The van der Waals surface area contributed by atoms with Crippen LogP contribution in [0.25, 0.3) is 0 Å². The first-order valence-corrected chi connectivity index (χ1v) is 16.6. The number of ketones is 1. The SMILES string of the molecule is CCC[C@@H](CC[C@H](CCC)NC(=O)OCc1cncs1)CC(=O)[C@@H](NC(=O)N(C)Cc1csc(C(C)C)n1)C(C)C. The van der Waals surface area contributed by atoms with Gasteiger partial charge in [-0.2, -0.15) is 0 Å². The average Bonchev–Trinajstić information content (AvgIpc) is 3.61. The summed E-state index contributed by atoms with van der Waals surface area (Å²) in [5.41, 5.74) is 2.57. The first-order valence-electron chi connectivity index (χ1n) is 14.8. The average molecular weight is 608 g/mol. The minimum atomic E-state index is -0.558. The summed E-state index contributed by atoms with van der Waals surface area (Å²) in [5.74, 6) is 0.557. The molecule has 2 heterocycles. The molecule has 0 aromatic carbocycles. The molecule has 0 aliphatic rings. The summed E-state index contributed by atoms with van der Waals surface area (Å²) >= 11 is 3.06. The number of aromatic nitrogens is 2. The van der Waals surface area contributed by atoms with Gasteiger partial charge in [-0.05, 0) is 31.1 Å². The maximum Gasteiger partial charge on any atom is 0.407 e. The lowest BCUT2D eigenvalue weighted by atomic mass is 9.86. The van der Waals surface area contributed by atoms with E-state index < -0.39 is 12.1 Å². The van der Waals surface area contributed by atoms with Crippen LogP contribution >= 0.6 is 22.7 Å². The number of amides is 3. The number of carbonyl (C=O) groups excluding carboxylic acids is 3. The van der Waals surface area contributed by atoms with E-state index in [1.54, 1.807) is 35.0 Å². The maximum atomic E-state index is 13.5. The molecule has 3 atom stereocenters. The van der Waals surface area contributed by atoms with Crippen LogP contribution in [-0.4, -0.2) is 51.9 Å². The molecule has 0 fully saturated rings. The highest BCUT2D eigenvalue weighted by atomic mass is 32.1. The van der Waals surface area contributed by atoms with E-state index in [1.165, 1.54) is 11.3 Å². The number of ether oxygens (including phenoxy) is 1. The molecule has 0 radical (unpaired) electrons. The zero-order valence-corrected chi connectivity index (χ0v) is 27.4. The van der Waals surface area contributed by atoms with Crippen LogP contribution in [0.1, 0.15) is 108 Å². The fourth-order valence-corrected chi connectivity index (χ4v) is 6.07. The Hall–Kier alpha value is -2.53. The zero-order valence-electron chi connectivity index (χ0n) is 25.8. The number of carbonyl (C=O) groups is 3. The molecule has 0 unspecified atom stereocenters. The van der Waals surface area contributed by atoms with Gasteiger partial charge in [0.1, 0.15) is 6.61 Å². The standard InChI is InChI=1S/C30H49N5O4S2/c1-8-10-22(12-13-23(11-9-2)33-30(38)39-17-25-15-31-19-41-25)14-26(36)27(20(3)4)34-29(37)35(7)16-24-18-40-28(32-24)21(5)6/h15,18-23,27H,8-14,16-17H2,1-7H3,(H,33,38)(H,34,37)/t22-,23-,27-/m0/s1. The molecule has 0 spiro atoms. The van der Waals surface area contributed by atoms with Crippen LogP contribution in [0.15, 0.2) is 17.1 Å². The van der Waals surface area contributed by atoms with Crippen LogP contribution < -0.4 is 10.6 Å². The summed E-state index contributed by atoms with van der Waals surface area (Å²) in [4.78, 5) is 50.0. The van der Waals surface area contributed by atoms with E-state index in [1.807, 2.05) is 19.2 Å². The van der Waals surface area contributed by atoms with Crippen molar-refractivity contribution in [3.8, 4) is 0 Å². The van der Waals surface area contributed by atoms with Crippen molar-refractivity contribution in [2.24, 2.45) is 11.8 Å². The second-order valence-corrected chi connectivity index (χ2v) is 13.3. The quantitative estimate of drug-likeness (QED) is 0.186. The molecule has 11 heteroatoms. The lowest BCUT2D eigenvalue weighted by Gasteiger charge is -2.27. The summed E-state index contributed by atoms with van der Waals surface area (Å²) in [6.07, 6.45) is 6.93. The fraction of sp³-hybridized carbons (Fsp3) is 0.700. The van der Waals surface area contributed by atoms with Crippen molar-refractivity contribution in [2.45, 2.75) is 118 Å². The molecular weight excluding hydrogens is 558 g/mol. The summed E-state index contributed by atoms with van der Waals surface area (Å²) in [5, 5.41) is 9.03. The number of hydrogen-bond donors (Lipinski definition) is 2. The van der Waals surface area contributed by atoms with Crippen LogP contribution in [0.4, 0.5) is 9.59 Å². The number of urea groups is 1. The molecular formula is C30H49N5O4S2. The molecule has 0 aliphatic carbocycles. The molecule has 0 aliphatic heterocycles. The molecule has 2 rings (SSSR count). The molecule has 2 aromatic rings. The monoisotopic (exact) mass is 607 g/mol. The molecule has 230 valence electrons. The second-order valence-electron chi connectivity index (χ2n) is 11.4. The van der Waals surface area contributed by atoms with E-state index in [2.05, 4.69) is 48.3 Å². The van der Waals surface area contributed by atoms with E-state index in [9.17, 15) is 14.4 Å². The van der Waals surface area contributed by atoms with Gasteiger partial charge in [-0.1, -0.05) is 60.8 Å². The van der Waals surface area contributed by atoms with Crippen molar-refractivity contribution >= 4 is 40.6 Å². The van der Waals surface area contributed by atoms with E-state index in [-0.39, 0.29) is 36.3 Å². The lowest BCUT2D eigenvalue weighted by molar-refractivity contribution is -0.122. The van der Waals surface area contributed by atoms with Crippen LogP contribution in [-0.2, 0) is 22.7 Å². The van der Waals surface area contributed by atoms with Gasteiger partial charge in [-0.25, -0.2) is 14.6 Å². The largest absolute Gasteiger partial charge is 0.444 e. The molecule has 2 aromatic heterocycles. The van der Waals surface area contributed by atoms with Crippen LogP contribution in [0.3, 0.4) is 0 Å². The Morgan fingerprint density at radius 1 is 1.00 bits per heavy atom. The van der Waals surface area contributed by atoms with Crippen molar-refractivity contribution in [3.63, 3.8) is 0 Å². The lowest BCUT2D eigenvalue weighted by Crippen LogP contribution is -2.49. The van der Waals surface area contributed by atoms with Gasteiger partial charge in [-0.15, -0.1) is 22.7 Å². The smallest absolute Gasteiger partial charge is 0.407 e. The normalized spacial score (nSPS) is 13.6. The predicted molar refractivity (Wildman–Crippen MR) is 166 cm³/mol. The van der Waals surface area contributed by atoms with Crippen molar-refractivity contribution in [3.05, 3.63) is 32.7 Å². The summed E-state index contributed by atoms with van der Waals surface area (Å²) in [6, 6.07) is -0.843. The van der Waals surface area contributed by atoms with Gasteiger partial charge >= 0.3 is 12.1 Å². The minimum Gasteiger partial charge on any atom is -0.444 e. The van der Waals surface area contributed by atoms with Crippen molar-refractivity contribution in [1.29, 1.82) is 0 Å². The van der Waals surface area contributed by atoms with Crippen LogP contribution in [0.2, 0.25) is 0 Å². The number of rotatable bonds is 18.